The van der Waals surface area contributed by atoms with E-state index in [2.05, 4.69) is 113 Å². The maximum absolute atomic E-state index is 5.12. The first-order chi connectivity index (χ1) is 33.5. The lowest BCUT2D eigenvalue weighted by atomic mass is 9.88. The lowest BCUT2D eigenvalue weighted by molar-refractivity contribution is 1.02. The third-order valence-corrected chi connectivity index (χ3v) is 11.7. The SMILES string of the molecule is Cc1cc(-c2c(-c3cccc(-c4nc(-c5ccccc5)nc(-c5ccccc5)n4)c3)cccc2-c2cccc(-c3nc(-c4ccccc4)nc(-c4ccc(-c5cccnc5)cc4)n3)c2)nc(C)n1. The fourth-order valence-corrected chi connectivity index (χ4v) is 8.44. The molecule has 0 bridgehead atoms. The van der Waals surface area contributed by atoms with Crippen molar-refractivity contribution >= 4 is 0 Å². The molecule has 0 aliphatic heterocycles. The third kappa shape index (κ3) is 8.67. The monoisotopic (exact) mass is 875 g/mol. The molecule has 0 saturated carbocycles. The fourth-order valence-electron chi connectivity index (χ4n) is 8.44. The molecule has 0 spiro atoms. The Morgan fingerprint density at radius 1 is 0.279 bits per heavy atom. The van der Waals surface area contributed by atoms with E-state index in [4.69, 9.17) is 34.9 Å². The Kier molecular flexibility index (Phi) is 11.2. The van der Waals surface area contributed by atoms with Crippen molar-refractivity contribution in [2.45, 2.75) is 13.8 Å². The minimum atomic E-state index is 0.563. The lowest BCUT2D eigenvalue weighted by Gasteiger charge is -2.17. The molecule has 0 radical (unpaired) electrons. The van der Waals surface area contributed by atoms with E-state index in [0.29, 0.717) is 40.8 Å². The second-order valence-electron chi connectivity index (χ2n) is 16.4. The molecule has 0 aliphatic carbocycles. The van der Waals surface area contributed by atoms with E-state index >= 15 is 0 Å². The van der Waals surface area contributed by atoms with Crippen molar-refractivity contribution in [1.82, 2.24) is 44.9 Å². The Balaban J connectivity index is 1.04. The molecule has 322 valence electrons. The van der Waals surface area contributed by atoms with Gasteiger partial charge in [-0.15, -0.1) is 0 Å². The van der Waals surface area contributed by atoms with Crippen molar-refractivity contribution in [1.29, 1.82) is 0 Å². The van der Waals surface area contributed by atoms with Gasteiger partial charge in [0.05, 0.1) is 5.69 Å². The molecule has 7 aromatic carbocycles. The number of hydrogen-bond donors (Lipinski definition) is 0. The van der Waals surface area contributed by atoms with Gasteiger partial charge in [0, 0.05) is 57.0 Å². The molecule has 0 amide bonds. The molecule has 0 saturated heterocycles. The fraction of sp³-hybridized carbons (Fsp3) is 0.0339. The van der Waals surface area contributed by atoms with Gasteiger partial charge in [-0.05, 0) is 71.5 Å². The van der Waals surface area contributed by atoms with E-state index in [1.807, 2.05) is 117 Å². The molecule has 0 fully saturated rings. The highest BCUT2D eigenvalue weighted by Gasteiger charge is 2.20. The summed E-state index contributed by atoms with van der Waals surface area (Å²) < 4.78 is 0. The van der Waals surface area contributed by atoms with Gasteiger partial charge in [-0.3, -0.25) is 4.98 Å². The molecule has 68 heavy (non-hydrogen) atoms. The highest BCUT2D eigenvalue weighted by molar-refractivity contribution is 5.94. The van der Waals surface area contributed by atoms with Crippen LogP contribution in [-0.4, -0.2) is 44.9 Å². The largest absolute Gasteiger partial charge is 0.264 e. The van der Waals surface area contributed by atoms with Crippen LogP contribution in [0.1, 0.15) is 11.5 Å². The predicted molar refractivity (Wildman–Crippen MR) is 270 cm³/mol. The molecule has 0 unspecified atom stereocenters. The summed E-state index contributed by atoms with van der Waals surface area (Å²) in [6.07, 6.45) is 3.64. The summed E-state index contributed by atoms with van der Waals surface area (Å²) in [5.41, 5.74) is 14.0. The van der Waals surface area contributed by atoms with Crippen LogP contribution in [0.25, 0.3) is 113 Å². The molecule has 11 rings (SSSR count). The molecular weight excluding hydrogens is 835 g/mol. The van der Waals surface area contributed by atoms with E-state index < -0.39 is 0 Å². The first kappa shape index (κ1) is 41.5. The molecule has 4 heterocycles. The van der Waals surface area contributed by atoms with Gasteiger partial charge in [0.25, 0.3) is 0 Å². The minimum Gasteiger partial charge on any atom is -0.264 e. The second kappa shape index (κ2) is 18.3. The van der Waals surface area contributed by atoms with Crippen LogP contribution < -0.4 is 0 Å². The van der Waals surface area contributed by atoms with E-state index in [0.717, 1.165) is 83.7 Å². The normalized spacial score (nSPS) is 11.1. The van der Waals surface area contributed by atoms with E-state index in [1.165, 1.54) is 0 Å². The van der Waals surface area contributed by atoms with E-state index in [-0.39, 0.29) is 0 Å². The van der Waals surface area contributed by atoms with Crippen LogP contribution in [0.15, 0.2) is 213 Å². The van der Waals surface area contributed by atoms with Gasteiger partial charge in [0.15, 0.2) is 34.9 Å². The molecular formula is C59H41N9. The van der Waals surface area contributed by atoms with Crippen LogP contribution in [0.2, 0.25) is 0 Å². The molecule has 0 atom stereocenters. The summed E-state index contributed by atoms with van der Waals surface area (Å²) >= 11 is 0. The number of hydrogen-bond acceptors (Lipinski definition) is 9. The number of pyridine rings is 1. The van der Waals surface area contributed by atoms with Crippen LogP contribution in [0, 0.1) is 13.8 Å². The Hall–Kier alpha value is -9.21. The van der Waals surface area contributed by atoms with Gasteiger partial charge in [-0.25, -0.2) is 39.9 Å². The van der Waals surface area contributed by atoms with Crippen LogP contribution in [-0.2, 0) is 0 Å². The van der Waals surface area contributed by atoms with Crippen molar-refractivity contribution in [3.63, 3.8) is 0 Å². The van der Waals surface area contributed by atoms with Gasteiger partial charge in [0.1, 0.15) is 5.82 Å². The number of aromatic nitrogens is 9. The lowest BCUT2D eigenvalue weighted by Crippen LogP contribution is -2.01. The zero-order valence-electron chi connectivity index (χ0n) is 37.2. The maximum atomic E-state index is 5.12. The van der Waals surface area contributed by atoms with Gasteiger partial charge < -0.3 is 0 Å². The molecule has 11 aromatic rings. The highest BCUT2D eigenvalue weighted by atomic mass is 15.0. The molecule has 9 heteroatoms. The topological polar surface area (TPSA) is 116 Å². The summed E-state index contributed by atoms with van der Waals surface area (Å²) in [5.74, 6) is 4.21. The van der Waals surface area contributed by atoms with Crippen molar-refractivity contribution in [2.24, 2.45) is 0 Å². The van der Waals surface area contributed by atoms with Gasteiger partial charge in [-0.1, -0.05) is 176 Å². The number of rotatable bonds is 10. The average molecular weight is 876 g/mol. The Bertz CT molecular complexity index is 3490. The molecule has 0 N–H and O–H groups in total. The Labute approximate surface area is 394 Å². The van der Waals surface area contributed by atoms with Crippen LogP contribution in [0.5, 0.6) is 0 Å². The zero-order valence-corrected chi connectivity index (χ0v) is 37.2. The Morgan fingerprint density at radius 2 is 0.662 bits per heavy atom. The van der Waals surface area contributed by atoms with Crippen LogP contribution >= 0.6 is 0 Å². The van der Waals surface area contributed by atoms with Crippen molar-refractivity contribution in [2.75, 3.05) is 0 Å². The third-order valence-electron chi connectivity index (χ3n) is 11.7. The van der Waals surface area contributed by atoms with E-state index in [9.17, 15) is 0 Å². The van der Waals surface area contributed by atoms with Crippen molar-refractivity contribution < 1.29 is 0 Å². The summed E-state index contributed by atoms with van der Waals surface area (Å²) in [5, 5.41) is 0. The summed E-state index contributed by atoms with van der Waals surface area (Å²) in [6, 6.07) is 67.6. The molecule has 9 nitrogen and oxygen atoms in total. The van der Waals surface area contributed by atoms with Gasteiger partial charge in [0.2, 0.25) is 0 Å². The summed E-state index contributed by atoms with van der Waals surface area (Å²) in [6.45, 7) is 3.94. The first-order valence-electron chi connectivity index (χ1n) is 22.4. The van der Waals surface area contributed by atoms with E-state index in [1.54, 1.807) is 6.20 Å². The smallest absolute Gasteiger partial charge is 0.164 e. The van der Waals surface area contributed by atoms with Gasteiger partial charge >= 0.3 is 0 Å². The van der Waals surface area contributed by atoms with Crippen LogP contribution in [0.4, 0.5) is 0 Å². The first-order valence-corrected chi connectivity index (χ1v) is 22.4. The number of nitrogens with zero attached hydrogens (tertiary/aromatic N) is 9. The minimum absolute atomic E-state index is 0.563. The summed E-state index contributed by atoms with van der Waals surface area (Å²) in [4.78, 5) is 44.3. The second-order valence-corrected chi connectivity index (χ2v) is 16.4. The Morgan fingerprint density at radius 3 is 1.10 bits per heavy atom. The maximum Gasteiger partial charge on any atom is 0.164 e. The van der Waals surface area contributed by atoms with Crippen molar-refractivity contribution in [3.05, 3.63) is 224 Å². The summed E-state index contributed by atoms with van der Waals surface area (Å²) in [7, 11) is 0. The predicted octanol–water partition coefficient (Wildman–Crippen LogP) is 13.5. The standard InChI is InChI=1S/C59H41N9/c1-38-34-52(62-39(2)61-38)53-50(45-22-12-24-47(35-45)58-65-54(41-16-6-3-7-17-41)63-55(66-58)42-18-8-4-9-19-42)27-14-28-51(53)46-23-13-25-48(36-46)59-67-56(43-20-10-5-11-21-43)64-57(68-59)44-31-29-40(30-32-44)49-26-15-33-60-37-49/h3-37H,1-2H3. The zero-order chi connectivity index (χ0) is 45.8. The quantitative estimate of drug-likeness (QED) is 0.132. The van der Waals surface area contributed by atoms with Gasteiger partial charge in [-0.2, -0.15) is 0 Å². The number of aryl methyl sites for hydroxylation is 2. The van der Waals surface area contributed by atoms with Crippen LogP contribution in [0.3, 0.4) is 0 Å². The molecule has 4 aromatic heterocycles. The number of benzene rings is 7. The van der Waals surface area contributed by atoms with Crippen molar-refractivity contribution in [3.8, 4) is 113 Å². The average Bonchev–Trinajstić information content (AvgIpc) is 3.41. The molecule has 0 aliphatic rings. The highest BCUT2D eigenvalue weighted by Crippen LogP contribution is 2.41.